The minimum absolute atomic E-state index is 0.615. The Kier molecular flexibility index (Phi) is 3.98. The van der Waals surface area contributed by atoms with Gasteiger partial charge in [-0.1, -0.05) is 0 Å². The largest absolute Gasteiger partial charge is 0.460 e. The zero-order valence-electron chi connectivity index (χ0n) is 12.7. The fraction of sp³-hybridized carbons (Fsp3) is 0.562. The van der Waals surface area contributed by atoms with Crippen molar-refractivity contribution >= 4 is 11.8 Å². The van der Waals surface area contributed by atoms with Crippen molar-refractivity contribution in [3.05, 3.63) is 29.7 Å². The summed E-state index contributed by atoms with van der Waals surface area (Å²) in [6, 6.07) is 4.62. The van der Waals surface area contributed by atoms with Gasteiger partial charge in [0.15, 0.2) is 5.76 Å². The standard InChI is InChI=1S/C16H21N3O2S/c1-11-2-3-14(21-11)16-12(8-17-18-16)9-19-5-7-22-15-10-20-6-4-13(15)19/h2-3,8,13,15H,4-7,9-10H2,1H3,(H,17,18). The first-order valence-corrected chi connectivity index (χ1v) is 8.88. The molecule has 2 atom stereocenters. The summed E-state index contributed by atoms with van der Waals surface area (Å²) >= 11 is 2.06. The molecule has 6 heteroatoms. The molecule has 0 aliphatic carbocycles. The summed E-state index contributed by atoms with van der Waals surface area (Å²) in [7, 11) is 0. The van der Waals surface area contributed by atoms with Crippen molar-refractivity contribution in [1.29, 1.82) is 0 Å². The lowest BCUT2D eigenvalue weighted by molar-refractivity contribution is 0.0352. The first-order chi connectivity index (χ1) is 10.8. The third-order valence-electron chi connectivity index (χ3n) is 4.53. The van der Waals surface area contributed by atoms with Gasteiger partial charge in [-0.25, -0.2) is 0 Å². The lowest BCUT2D eigenvalue weighted by atomic mass is 10.0. The Morgan fingerprint density at radius 1 is 1.45 bits per heavy atom. The van der Waals surface area contributed by atoms with E-state index in [-0.39, 0.29) is 0 Å². The number of aromatic nitrogens is 2. The molecule has 2 aromatic heterocycles. The molecule has 2 aromatic rings. The number of H-pyrrole nitrogens is 1. The van der Waals surface area contributed by atoms with E-state index < -0.39 is 0 Å². The van der Waals surface area contributed by atoms with E-state index >= 15 is 0 Å². The second kappa shape index (κ2) is 6.10. The van der Waals surface area contributed by atoms with Gasteiger partial charge in [0.1, 0.15) is 11.5 Å². The third-order valence-corrected chi connectivity index (χ3v) is 5.82. The first-order valence-electron chi connectivity index (χ1n) is 7.84. The Bertz CT molecular complexity index is 637. The van der Waals surface area contributed by atoms with Crippen molar-refractivity contribution in [2.45, 2.75) is 31.2 Å². The predicted molar refractivity (Wildman–Crippen MR) is 86.9 cm³/mol. The van der Waals surface area contributed by atoms with Crippen molar-refractivity contribution < 1.29 is 9.15 Å². The van der Waals surface area contributed by atoms with Crippen LogP contribution in [0.3, 0.4) is 0 Å². The molecule has 4 rings (SSSR count). The van der Waals surface area contributed by atoms with Crippen molar-refractivity contribution in [3.8, 4) is 11.5 Å². The molecule has 0 amide bonds. The van der Waals surface area contributed by atoms with Crippen molar-refractivity contribution in [2.24, 2.45) is 0 Å². The van der Waals surface area contributed by atoms with Gasteiger partial charge in [0, 0.05) is 42.3 Å². The SMILES string of the molecule is Cc1ccc(-c2[nH]ncc2CN2CCSC3COCCC32)o1. The van der Waals surface area contributed by atoms with E-state index in [0.29, 0.717) is 11.3 Å². The van der Waals surface area contributed by atoms with Crippen LogP contribution >= 0.6 is 11.8 Å². The van der Waals surface area contributed by atoms with Crippen LogP contribution < -0.4 is 0 Å². The summed E-state index contributed by atoms with van der Waals surface area (Å²) in [4.78, 5) is 2.59. The molecular formula is C16H21N3O2S. The van der Waals surface area contributed by atoms with Crippen molar-refractivity contribution in [1.82, 2.24) is 15.1 Å². The summed E-state index contributed by atoms with van der Waals surface area (Å²) in [5.41, 5.74) is 2.22. The van der Waals surface area contributed by atoms with Crippen LogP contribution in [0.25, 0.3) is 11.5 Å². The number of furan rings is 1. The fourth-order valence-electron chi connectivity index (χ4n) is 3.39. The average molecular weight is 319 g/mol. The lowest BCUT2D eigenvalue weighted by Crippen LogP contribution is -2.51. The highest BCUT2D eigenvalue weighted by Gasteiger charge is 2.34. The molecule has 118 valence electrons. The first kappa shape index (κ1) is 14.4. The summed E-state index contributed by atoms with van der Waals surface area (Å²) in [5.74, 6) is 2.98. The zero-order valence-corrected chi connectivity index (χ0v) is 13.6. The van der Waals surface area contributed by atoms with Gasteiger partial charge >= 0.3 is 0 Å². The molecule has 2 unspecified atom stereocenters. The van der Waals surface area contributed by atoms with Gasteiger partial charge < -0.3 is 9.15 Å². The number of hydrogen-bond donors (Lipinski definition) is 1. The minimum Gasteiger partial charge on any atom is -0.460 e. The maximum Gasteiger partial charge on any atom is 0.152 e. The monoisotopic (exact) mass is 319 g/mol. The van der Waals surface area contributed by atoms with Gasteiger partial charge in [-0.2, -0.15) is 16.9 Å². The van der Waals surface area contributed by atoms with Crippen LogP contribution in [0.15, 0.2) is 22.7 Å². The highest BCUT2D eigenvalue weighted by Crippen LogP contribution is 2.32. The molecule has 5 nitrogen and oxygen atoms in total. The van der Waals surface area contributed by atoms with E-state index in [1.54, 1.807) is 0 Å². The number of aromatic amines is 1. The molecule has 4 heterocycles. The number of fused-ring (bicyclic) bond motifs is 1. The van der Waals surface area contributed by atoms with Crippen LogP contribution in [-0.2, 0) is 11.3 Å². The van der Waals surface area contributed by atoms with E-state index in [1.807, 2.05) is 25.3 Å². The van der Waals surface area contributed by atoms with Crippen molar-refractivity contribution in [2.75, 3.05) is 25.5 Å². The number of aryl methyl sites for hydroxylation is 1. The van der Waals surface area contributed by atoms with E-state index in [4.69, 9.17) is 9.15 Å². The Morgan fingerprint density at radius 2 is 2.41 bits per heavy atom. The number of ether oxygens (including phenoxy) is 1. The molecule has 0 radical (unpaired) electrons. The molecule has 0 saturated carbocycles. The second-order valence-electron chi connectivity index (χ2n) is 5.99. The number of nitrogens with one attached hydrogen (secondary N) is 1. The highest BCUT2D eigenvalue weighted by molar-refractivity contribution is 8.00. The molecule has 1 N–H and O–H groups in total. The molecule has 2 saturated heterocycles. The highest BCUT2D eigenvalue weighted by atomic mass is 32.2. The fourth-order valence-corrected chi connectivity index (χ4v) is 4.76. The molecular weight excluding hydrogens is 298 g/mol. The Balaban J connectivity index is 1.55. The second-order valence-corrected chi connectivity index (χ2v) is 7.34. The molecule has 0 aromatic carbocycles. The predicted octanol–water partition coefficient (Wildman–Crippen LogP) is 2.68. The van der Waals surface area contributed by atoms with Crippen molar-refractivity contribution in [3.63, 3.8) is 0 Å². The van der Waals surface area contributed by atoms with Gasteiger partial charge in [0.2, 0.25) is 0 Å². The number of hydrogen-bond acceptors (Lipinski definition) is 5. The lowest BCUT2D eigenvalue weighted by Gasteiger charge is -2.43. The Labute approximate surface area is 134 Å². The summed E-state index contributed by atoms with van der Waals surface area (Å²) in [6.07, 6.45) is 3.06. The summed E-state index contributed by atoms with van der Waals surface area (Å²) in [5, 5.41) is 7.95. The summed E-state index contributed by atoms with van der Waals surface area (Å²) in [6.45, 7) is 5.80. The van der Waals surface area contributed by atoms with Gasteiger partial charge in [0.05, 0.1) is 12.8 Å². The van der Waals surface area contributed by atoms with Crippen LogP contribution in [0.4, 0.5) is 0 Å². The van der Waals surface area contributed by atoms with Crippen LogP contribution in [0.2, 0.25) is 0 Å². The Hall–Kier alpha value is -1.24. The summed E-state index contributed by atoms with van der Waals surface area (Å²) < 4.78 is 11.4. The smallest absolute Gasteiger partial charge is 0.152 e. The van der Waals surface area contributed by atoms with Gasteiger partial charge in [-0.15, -0.1) is 0 Å². The molecule has 2 fully saturated rings. The minimum atomic E-state index is 0.615. The van der Waals surface area contributed by atoms with Gasteiger partial charge in [0.25, 0.3) is 0 Å². The quantitative estimate of drug-likeness (QED) is 0.942. The van der Waals surface area contributed by atoms with E-state index in [1.165, 1.54) is 11.3 Å². The van der Waals surface area contributed by atoms with Crippen LogP contribution in [0.5, 0.6) is 0 Å². The van der Waals surface area contributed by atoms with Crippen LogP contribution in [-0.4, -0.2) is 51.9 Å². The number of thioether (sulfide) groups is 1. The van der Waals surface area contributed by atoms with E-state index in [2.05, 4.69) is 26.9 Å². The maximum atomic E-state index is 5.75. The topological polar surface area (TPSA) is 54.3 Å². The van der Waals surface area contributed by atoms with Gasteiger partial charge in [-0.3, -0.25) is 10.00 Å². The van der Waals surface area contributed by atoms with E-state index in [9.17, 15) is 0 Å². The molecule has 2 aliphatic heterocycles. The molecule has 2 aliphatic rings. The van der Waals surface area contributed by atoms with Crippen LogP contribution in [0, 0.1) is 6.92 Å². The Morgan fingerprint density at radius 3 is 3.27 bits per heavy atom. The third kappa shape index (κ3) is 2.71. The molecule has 0 bridgehead atoms. The van der Waals surface area contributed by atoms with Crippen LogP contribution in [0.1, 0.15) is 17.7 Å². The maximum absolute atomic E-state index is 5.75. The normalized spacial score (nSPS) is 26.0. The van der Waals surface area contributed by atoms with E-state index in [0.717, 1.165) is 49.9 Å². The molecule has 0 spiro atoms. The van der Waals surface area contributed by atoms with Gasteiger partial charge in [-0.05, 0) is 25.5 Å². The molecule has 22 heavy (non-hydrogen) atoms. The number of rotatable bonds is 3. The number of nitrogens with zero attached hydrogens (tertiary/aromatic N) is 2. The zero-order chi connectivity index (χ0) is 14.9. The average Bonchev–Trinajstić information content (AvgIpc) is 3.16.